The normalized spacial score (nSPS) is 8.40. The summed E-state index contributed by atoms with van der Waals surface area (Å²) in [7, 11) is 0. The van der Waals surface area contributed by atoms with Gasteiger partial charge in [-0.15, -0.1) is 23.2 Å². The highest BCUT2D eigenvalue weighted by Gasteiger charge is 1.75. The van der Waals surface area contributed by atoms with Gasteiger partial charge in [0, 0.05) is 25.0 Å². The molecule has 0 aliphatic carbocycles. The summed E-state index contributed by atoms with van der Waals surface area (Å²) < 4.78 is 4.83. The van der Waals surface area contributed by atoms with Crippen LogP contribution in [0.5, 0.6) is 0 Å². The van der Waals surface area contributed by atoms with E-state index in [1.807, 2.05) is 13.8 Å². The molecule has 0 spiro atoms. The average Bonchev–Trinajstić information content (AvgIpc) is 2.28. The SMILES string of the molecule is CCCCCC.CCOCC.ClCCCl. The molecular formula is C12H28Cl2O. The highest BCUT2D eigenvalue weighted by Crippen LogP contribution is 1.95. The third-order valence-corrected chi connectivity index (χ3v) is 2.01. The maximum absolute atomic E-state index is 5.05. The Morgan fingerprint density at radius 3 is 1.13 bits per heavy atom. The lowest BCUT2D eigenvalue weighted by atomic mass is 10.2. The lowest BCUT2D eigenvalue weighted by Gasteiger charge is -1.86. The molecule has 0 rings (SSSR count). The summed E-state index contributed by atoms with van der Waals surface area (Å²) in [6, 6.07) is 0. The Morgan fingerprint density at radius 2 is 1.07 bits per heavy atom. The molecule has 0 aromatic rings. The van der Waals surface area contributed by atoms with Crippen LogP contribution >= 0.6 is 23.2 Å². The van der Waals surface area contributed by atoms with Crippen LogP contribution < -0.4 is 0 Å². The monoisotopic (exact) mass is 258 g/mol. The molecule has 0 aliphatic rings. The molecule has 96 valence electrons. The van der Waals surface area contributed by atoms with E-state index < -0.39 is 0 Å². The van der Waals surface area contributed by atoms with Crippen LogP contribution in [-0.2, 0) is 4.74 Å². The maximum Gasteiger partial charge on any atom is 0.0437 e. The zero-order chi connectivity index (χ0) is 12.4. The lowest BCUT2D eigenvalue weighted by Crippen LogP contribution is -1.84. The van der Waals surface area contributed by atoms with Crippen LogP contribution in [0.25, 0.3) is 0 Å². The summed E-state index contributed by atoms with van der Waals surface area (Å²) in [6.07, 6.45) is 5.54. The largest absolute Gasteiger partial charge is 0.382 e. The minimum atomic E-state index is 0.557. The molecule has 0 aliphatic heterocycles. The zero-order valence-electron chi connectivity index (χ0n) is 10.8. The van der Waals surface area contributed by atoms with E-state index in [0.717, 1.165) is 13.2 Å². The van der Waals surface area contributed by atoms with Gasteiger partial charge in [0.1, 0.15) is 0 Å². The Balaban J connectivity index is -0.000000147. The standard InChI is InChI=1S/C6H14.C4H10O.C2H4Cl2/c1-3-5-6-4-2;1-3-5-4-2;3-1-2-4/h3-6H2,1-2H3;3-4H2,1-2H3;1-2H2. The van der Waals surface area contributed by atoms with Crippen molar-refractivity contribution in [1.29, 1.82) is 0 Å². The molecule has 15 heavy (non-hydrogen) atoms. The summed E-state index contributed by atoms with van der Waals surface area (Å²) in [6.45, 7) is 10.1. The van der Waals surface area contributed by atoms with Gasteiger partial charge in [0.05, 0.1) is 0 Å². The van der Waals surface area contributed by atoms with E-state index in [2.05, 4.69) is 13.8 Å². The minimum absolute atomic E-state index is 0.557. The summed E-state index contributed by atoms with van der Waals surface area (Å²) in [5, 5.41) is 0. The Hall–Kier alpha value is 0.540. The van der Waals surface area contributed by atoms with E-state index in [-0.39, 0.29) is 0 Å². The molecule has 0 unspecified atom stereocenters. The van der Waals surface area contributed by atoms with E-state index >= 15 is 0 Å². The number of ether oxygens (including phenoxy) is 1. The van der Waals surface area contributed by atoms with E-state index in [0.29, 0.717) is 11.8 Å². The first-order valence-corrected chi connectivity index (χ1v) is 7.01. The molecular weight excluding hydrogens is 231 g/mol. The first kappa shape index (κ1) is 20.9. The van der Waals surface area contributed by atoms with Crippen molar-refractivity contribution in [2.45, 2.75) is 53.4 Å². The summed E-state index contributed by atoms with van der Waals surface area (Å²) in [4.78, 5) is 0. The fourth-order valence-corrected chi connectivity index (χ4v) is 0.704. The molecule has 0 fully saturated rings. The van der Waals surface area contributed by atoms with Gasteiger partial charge in [-0.25, -0.2) is 0 Å². The molecule has 0 bridgehead atoms. The highest BCUT2D eigenvalue weighted by molar-refractivity contribution is 6.25. The van der Waals surface area contributed by atoms with Crippen molar-refractivity contribution < 1.29 is 4.74 Å². The molecule has 0 aromatic carbocycles. The molecule has 0 aromatic heterocycles. The van der Waals surface area contributed by atoms with Gasteiger partial charge in [-0.2, -0.15) is 0 Å². The Morgan fingerprint density at radius 1 is 0.733 bits per heavy atom. The van der Waals surface area contributed by atoms with Crippen molar-refractivity contribution in [2.24, 2.45) is 0 Å². The molecule has 0 saturated carbocycles. The number of hydrogen-bond acceptors (Lipinski definition) is 1. The smallest absolute Gasteiger partial charge is 0.0437 e. The van der Waals surface area contributed by atoms with E-state index in [1.165, 1.54) is 25.7 Å². The maximum atomic E-state index is 5.05. The number of unbranched alkanes of at least 4 members (excludes halogenated alkanes) is 3. The van der Waals surface area contributed by atoms with Crippen LogP contribution in [0.4, 0.5) is 0 Å². The van der Waals surface area contributed by atoms with Gasteiger partial charge in [-0.1, -0.05) is 39.5 Å². The Bertz CT molecular complexity index is 62.6. The predicted octanol–water partition coefficient (Wildman–Crippen LogP) is 5.09. The van der Waals surface area contributed by atoms with Crippen LogP contribution in [0.15, 0.2) is 0 Å². The third-order valence-electron chi connectivity index (χ3n) is 1.44. The Labute approximate surface area is 106 Å². The highest BCUT2D eigenvalue weighted by atomic mass is 35.5. The van der Waals surface area contributed by atoms with E-state index in [4.69, 9.17) is 27.9 Å². The molecule has 0 saturated heterocycles. The molecule has 0 radical (unpaired) electrons. The second kappa shape index (κ2) is 29.3. The fourth-order valence-electron chi connectivity index (χ4n) is 0.704. The van der Waals surface area contributed by atoms with Crippen molar-refractivity contribution in [3.05, 3.63) is 0 Å². The van der Waals surface area contributed by atoms with E-state index in [9.17, 15) is 0 Å². The van der Waals surface area contributed by atoms with Crippen molar-refractivity contribution >= 4 is 23.2 Å². The average molecular weight is 259 g/mol. The number of alkyl halides is 2. The van der Waals surface area contributed by atoms with Crippen LogP contribution in [0.3, 0.4) is 0 Å². The first-order chi connectivity index (χ1) is 7.24. The fraction of sp³-hybridized carbons (Fsp3) is 1.00. The van der Waals surface area contributed by atoms with Gasteiger partial charge >= 0.3 is 0 Å². The van der Waals surface area contributed by atoms with Crippen molar-refractivity contribution in [2.75, 3.05) is 25.0 Å². The van der Waals surface area contributed by atoms with Gasteiger partial charge < -0.3 is 4.74 Å². The molecule has 0 atom stereocenters. The van der Waals surface area contributed by atoms with E-state index in [1.54, 1.807) is 0 Å². The van der Waals surface area contributed by atoms with Crippen molar-refractivity contribution in [3.63, 3.8) is 0 Å². The quantitative estimate of drug-likeness (QED) is 0.476. The van der Waals surface area contributed by atoms with Crippen LogP contribution in [0.2, 0.25) is 0 Å². The molecule has 3 heteroatoms. The molecule has 0 heterocycles. The van der Waals surface area contributed by atoms with Gasteiger partial charge in [0.2, 0.25) is 0 Å². The van der Waals surface area contributed by atoms with Gasteiger partial charge in [-0.3, -0.25) is 0 Å². The van der Waals surface area contributed by atoms with Crippen LogP contribution in [0, 0.1) is 0 Å². The van der Waals surface area contributed by atoms with Gasteiger partial charge in [0.15, 0.2) is 0 Å². The van der Waals surface area contributed by atoms with Crippen LogP contribution in [-0.4, -0.2) is 25.0 Å². The van der Waals surface area contributed by atoms with Crippen LogP contribution in [0.1, 0.15) is 53.4 Å². The lowest BCUT2D eigenvalue weighted by molar-refractivity contribution is 0.162. The van der Waals surface area contributed by atoms with Gasteiger partial charge in [0.25, 0.3) is 0 Å². The Kier molecular flexibility index (Phi) is 40.8. The summed E-state index contributed by atoms with van der Waals surface area (Å²) in [5.41, 5.74) is 0. The molecule has 0 amide bonds. The zero-order valence-corrected chi connectivity index (χ0v) is 12.3. The summed E-state index contributed by atoms with van der Waals surface area (Å²) >= 11 is 10.1. The summed E-state index contributed by atoms with van der Waals surface area (Å²) in [5.74, 6) is 1.11. The predicted molar refractivity (Wildman–Crippen MR) is 73.4 cm³/mol. The third kappa shape index (κ3) is 53.5. The number of rotatable bonds is 6. The molecule has 0 N–H and O–H groups in total. The first-order valence-electron chi connectivity index (χ1n) is 5.94. The minimum Gasteiger partial charge on any atom is -0.382 e. The molecule has 1 nitrogen and oxygen atoms in total. The second-order valence-corrected chi connectivity index (χ2v) is 3.62. The second-order valence-electron chi connectivity index (χ2n) is 2.87. The van der Waals surface area contributed by atoms with Crippen molar-refractivity contribution in [3.8, 4) is 0 Å². The number of hydrogen-bond donors (Lipinski definition) is 0. The van der Waals surface area contributed by atoms with Crippen molar-refractivity contribution in [1.82, 2.24) is 0 Å². The van der Waals surface area contributed by atoms with Gasteiger partial charge in [-0.05, 0) is 13.8 Å². The number of halogens is 2. The topological polar surface area (TPSA) is 9.23 Å².